The molecule has 168 valence electrons. The fourth-order valence-electron chi connectivity index (χ4n) is 3.50. The highest BCUT2D eigenvalue weighted by Crippen LogP contribution is 2.37. The number of fused-ring (bicyclic) bond motifs is 1. The lowest BCUT2D eigenvalue weighted by atomic mass is 9.78. The molecule has 1 aromatic carbocycles. The Morgan fingerprint density at radius 1 is 1.22 bits per heavy atom. The summed E-state index contributed by atoms with van der Waals surface area (Å²) in [6.07, 6.45) is 6.38. The number of aliphatic imine (C=N–C) groups is 1. The number of benzene rings is 1. The number of nitrogens with two attached hydrogens (primary N) is 1. The molecule has 0 bridgehead atoms. The number of amidine groups is 1. The van der Waals surface area contributed by atoms with E-state index in [0.717, 1.165) is 22.8 Å². The quantitative estimate of drug-likeness (QED) is 0.530. The summed E-state index contributed by atoms with van der Waals surface area (Å²) in [4.78, 5) is 16.2. The van der Waals surface area contributed by atoms with Crippen LogP contribution in [-0.4, -0.2) is 30.1 Å². The number of carbonyl (C=O) groups is 1. The van der Waals surface area contributed by atoms with Gasteiger partial charge < -0.3 is 24.8 Å². The van der Waals surface area contributed by atoms with Gasteiger partial charge in [-0.3, -0.25) is 4.79 Å². The zero-order chi connectivity index (χ0) is 23.1. The van der Waals surface area contributed by atoms with Crippen LogP contribution in [0.3, 0.4) is 0 Å². The fraction of sp³-hybridized carbons (Fsp3) is 0.391. The second-order valence-electron chi connectivity index (χ2n) is 9.10. The summed E-state index contributed by atoms with van der Waals surface area (Å²) in [7, 11) is -0.515. The van der Waals surface area contributed by atoms with Gasteiger partial charge in [-0.05, 0) is 57.3 Å². The molecule has 2 aliphatic rings. The molecule has 1 amide bonds. The molecule has 0 aliphatic carbocycles. The Balaban J connectivity index is 1.44. The van der Waals surface area contributed by atoms with Crippen LogP contribution in [0.25, 0.3) is 11.0 Å². The van der Waals surface area contributed by atoms with Gasteiger partial charge in [-0.15, -0.1) is 0 Å². The lowest BCUT2D eigenvalue weighted by Gasteiger charge is -2.32. The smallest absolute Gasteiger partial charge is 0.458 e. The van der Waals surface area contributed by atoms with Crippen LogP contribution >= 0.6 is 11.6 Å². The molecule has 0 atom stereocenters. The summed E-state index contributed by atoms with van der Waals surface area (Å²) >= 11 is 6.48. The monoisotopic (exact) mass is 455 g/mol. The van der Waals surface area contributed by atoms with Crippen LogP contribution in [0, 0.1) is 0 Å². The maximum atomic E-state index is 12.2. The van der Waals surface area contributed by atoms with Crippen molar-refractivity contribution in [3.8, 4) is 0 Å². The number of rotatable bonds is 5. The Hall–Kier alpha value is -2.55. The van der Waals surface area contributed by atoms with Crippen LogP contribution in [0.1, 0.15) is 46.3 Å². The SMILES string of the molecule is CC1(C)OB(c2cc(Cl)c3oc(CNC(=O)/C=C/C4=CN=C(N)CC4)cc3c2)OC1(C)C. The van der Waals surface area contributed by atoms with Crippen molar-refractivity contribution in [2.45, 2.75) is 58.3 Å². The van der Waals surface area contributed by atoms with Crippen molar-refractivity contribution in [3.05, 3.63) is 52.9 Å². The van der Waals surface area contributed by atoms with E-state index < -0.39 is 18.3 Å². The van der Waals surface area contributed by atoms with E-state index in [9.17, 15) is 4.79 Å². The first-order valence-electron chi connectivity index (χ1n) is 10.6. The van der Waals surface area contributed by atoms with E-state index in [4.69, 9.17) is 31.1 Å². The first kappa shape index (κ1) is 22.6. The van der Waals surface area contributed by atoms with E-state index >= 15 is 0 Å². The molecule has 1 saturated heterocycles. The number of nitrogens with zero attached hydrogens (tertiary/aromatic N) is 1. The Labute approximate surface area is 192 Å². The molecule has 2 aliphatic heterocycles. The minimum Gasteiger partial charge on any atom is -0.458 e. The van der Waals surface area contributed by atoms with Crippen molar-refractivity contribution in [1.82, 2.24) is 5.32 Å². The third kappa shape index (κ3) is 4.63. The Morgan fingerprint density at radius 2 is 1.94 bits per heavy atom. The first-order chi connectivity index (χ1) is 15.0. The zero-order valence-corrected chi connectivity index (χ0v) is 19.5. The molecule has 4 rings (SSSR count). The number of hydrogen-bond acceptors (Lipinski definition) is 6. The second-order valence-corrected chi connectivity index (χ2v) is 9.50. The van der Waals surface area contributed by atoms with Crippen LogP contribution in [0.4, 0.5) is 0 Å². The van der Waals surface area contributed by atoms with Gasteiger partial charge in [0.05, 0.1) is 28.6 Å². The molecule has 9 heteroatoms. The van der Waals surface area contributed by atoms with Crippen molar-refractivity contribution >= 4 is 46.9 Å². The van der Waals surface area contributed by atoms with Gasteiger partial charge in [-0.1, -0.05) is 23.7 Å². The van der Waals surface area contributed by atoms with Crippen LogP contribution < -0.4 is 16.5 Å². The number of halogens is 1. The van der Waals surface area contributed by atoms with Gasteiger partial charge in [0, 0.05) is 24.1 Å². The van der Waals surface area contributed by atoms with Crippen molar-refractivity contribution in [3.63, 3.8) is 0 Å². The molecule has 0 saturated carbocycles. The maximum Gasteiger partial charge on any atom is 0.494 e. The standard InChI is InChI=1S/C23H27BClN3O4/c1-22(2)23(3,4)32-24(31-22)16-9-15-10-17(30-21(15)18(25)11-16)13-28-20(29)8-6-14-5-7-19(26)27-12-14/h6,8-12H,5,7,13H2,1-4H3,(H2,26,27)(H,28,29)/b8-6+. The Kier molecular flexibility index (Phi) is 5.96. The van der Waals surface area contributed by atoms with Crippen molar-refractivity contribution in [1.29, 1.82) is 0 Å². The van der Waals surface area contributed by atoms with Gasteiger partial charge in [0.15, 0.2) is 5.58 Å². The van der Waals surface area contributed by atoms with E-state index in [0.29, 0.717) is 28.6 Å². The number of carbonyl (C=O) groups excluding carboxylic acids is 1. The molecular weight excluding hydrogens is 429 g/mol. The molecule has 3 N–H and O–H groups in total. The minimum atomic E-state index is -0.515. The number of allylic oxidation sites excluding steroid dienone is 2. The van der Waals surface area contributed by atoms with Crippen LogP contribution in [0.2, 0.25) is 5.02 Å². The number of nitrogens with one attached hydrogen (secondary N) is 1. The van der Waals surface area contributed by atoms with Gasteiger partial charge in [0.25, 0.3) is 0 Å². The van der Waals surface area contributed by atoms with Gasteiger partial charge in [-0.25, -0.2) is 4.99 Å². The lowest BCUT2D eigenvalue weighted by molar-refractivity contribution is -0.116. The highest BCUT2D eigenvalue weighted by atomic mass is 35.5. The lowest BCUT2D eigenvalue weighted by Crippen LogP contribution is -2.41. The first-order valence-corrected chi connectivity index (χ1v) is 11.0. The predicted molar refractivity (Wildman–Crippen MR) is 127 cm³/mol. The van der Waals surface area contributed by atoms with Crippen molar-refractivity contribution in [2.24, 2.45) is 10.7 Å². The summed E-state index contributed by atoms with van der Waals surface area (Å²) in [6, 6.07) is 5.61. The largest absolute Gasteiger partial charge is 0.494 e. The van der Waals surface area contributed by atoms with Gasteiger partial charge >= 0.3 is 7.12 Å². The summed E-state index contributed by atoms with van der Waals surface area (Å²) in [6.45, 7) is 8.27. The molecule has 1 aromatic heterocycles. The molecule has 2 aromatic rings. The highest BCUT2D eigenvalue weighted by Gasteiger charge is 2.51. The fourth-order valence-corrected chi connectivity index (χ4v) is 3.77. The maximum absolute atomic E-state index is 12.2. The summed E-state index contributed by atoms with van der Waals surface area (Å²) < 4.78 is 18.1. The second kappa shape index (κ2) is 8.43. The minimum absolute atomic E-state index is 0.224. The average Bonchev–Trinajstić information content (AvgIpc) is 3.23. The Morgan fingerprint density at radius 3 is 2.59 bits per heavy atom. The number of hydrogen-bond donors (Lipinski definition) is 2. The topological polar surface area (TPSA) is 99.1 Å². The molecule has 0 spiro atoms. The van der Waals surface area contributed by atoms with Gasteiger partial charge in [0.1, 0.15) is 5.76 Å². The van der Waals surface area contributed by atoms with Crippen molar-refractivity contribution < 1.29 is 18.5 Å². The van der Waals surface area contributed by atoms with Crippen LogP contribution in [0.15, 0.2) is 51.5 Å². The highest BCUT2D eigenvalue weighted by molar-refractivity contribution is 6.63. The summed E-state index contributed by atoms with van der Waals surface area (Å²) in [5.41, 5.74) is 7.11. The van der Waals surface area contributed by atoms with E-state index in [1.54, 1.807) is 18.3 Å². The molecule has 7 nitrogen and oxygen atoms in total. The number of furan rings is 1. The van der Waals surface area contributed by atoms with E-state index in [1.807, 2.05) is 39.8 Å². The van der Waals surface area contributed by atoms with E-state index in [-0.39, 0.29) is 12.5 Å². The third-order valence-electron chi connectivity index (χ3n) is 6.12. The molecule has 32 heavy (non-hydrogen) atoms. The van der Waals surface area contributed by atoms with Crippen molar-refractivity contribution in [2.75, 3.05) is 0 Å². The molecule has 0 unspecified atom stereocenters. The Bertz CT molecular complexity index is 1130. The zero-order valence-electron chi connectivity index (χ0n) is 18.7. The van der Waals surface area contributed by atoms with Crippen LogP contribution in [-0.2, 0) is 20.6 Å². The van der Waals surface area contributed by atoms with Gasteiger partial charge in [-0.2, -0.15) is 0 Å². The predicted octanol–water partition coefficient (Wildman–Crippen LogP) is 3.59. The summed E-state index contributed by atoms with van der Waals surface area (Å²) in [5, 5.41) is 4.11. The van der Waals surface area contributed by atoms with Gasteiger partial charge in [0.2, 0.25) is 5.91 Å². The molecule has 0 radical (unpaired) electrons. The normalized spacial score (nSPS) is 20.0. The molecular formula is C23H27BClN3O4. The molecule has 1 fully saturated rings. The van der Waals surface area contributed by atoms with E-state index in [2.05, 4.69) is 10.3 Å². The molecule has 3 heterocycles. The van der Waals surface area contributed by atoms with E-state index in [1.165, 1.54) is 6.08 Å². The number of amides is 1. The third-order valence-corrected chi connectivity index (χ3v) is 6.40. The van der Waals surface area contributed by atoms with Crippen LogP contribution in [0.5, 0.6) is 0 Å². The summed E-state index contributed by atoms with van der Waals surface area (Å²) in [5.74, 6) is 0.985. The average molecular weight is 456 g/mol.